The van der Waals surface area contributed by atoms with E-state index in [-0.39, 0.29) is 36.8 Å². The van der Waals surface area contributed by atoms with Crippen molar-refractivity contribution in [2.24, 2.45) is 0 Å². The SMILES string of the molecule is C[C@@H]1CNCCN1C(=O)Cc1coc(-c2cccs2)n1.Cl.Cl. The fourth-order valence-electron chi connectivity index (χ4n) is 2.37. The van der Waals surface area contributed by atoms with Crippen LogP contribution in [0.25, 0.3) is 10.8 Å². The van der Waals surface area contributed by atoms with Crippen LogP contribution >= 0.6 is 36.2 Å². The van der Waals surface area contributed by atoms with Crippen molar-refractivity contribution in [2.45, 2.75) is 19.4 Å². The monoisotopic (exact) mass is 363 g/mol. The van der Waals surface area contributed by atoms with Crippen LogP contribution in [0.15, 0.2) is 28.2 Å². The Bertz CT molecular complexity index is 589. The summed E-state index contributed by atoms with van der Waals surface area (Å²) >= 11 is 1.58. The Morgan fingerprint density at radius 1 is 1.55 bits per heavy atom. The largest absolute Gasteiger partial charge is 0.444 e. The molecule has 0 radical (unpaired) electrons. The quantitative estimate of drug-likeness (QED) is 0.910. The van der Waals surface area contributed by atoms with E-state index in [9.17, 15) is 4.79 Å². The van der Waals surface area contributed by atoms with Crippen LogP contribution in [0.5, 0.6) is 0 Å². The Morgan fingerprint density at radius 3 is 3.05 bits per heavy atom. The normalized spacial score (nSPS) is 17.5. The summed E-state index contributed by atoms with van der Waals surface area (Å²) in [5.41, 5.74) is 0.698. The van der Waals surface area contributed by atoms with Gasteiger partial charge in [0.1, 0.15) is 6.26 Å². The molecule has 0 aliphatic carbocycles. The molecular weight excluding hydrogens is 345 g/mol. The van der Waals surface area contributed by atoms with Crippen LogP contribution in [-0.4, -0.2) is 41.5 Å². The Balaban J connectivity index is 0.00000121. The topological polar surface area (TPSA) is 58.4 Å². The standard InChI is InChI=1S/C14H17N3O2S.2ClH/c1-10-8-15-4-5-17(10)13(18)7-11-9-19-14(16-11)12-3-2-6-20-12;;/h2-3,6,9-10,15H,4-5,7-8H2,1H3;2*1H/t10-;;/m1../s1. The minimum atomic E-state index is 0. The van der Waals surface area contributed by atoms with E-state index < -0.39 is 0 Å². The minimum Gasteiger partial charge on any atom is -0.444 e. The molecule has 0 saturated carbocycles. The first-order chi connectivity index (χ1) is 9.74. The Hall–Kier alpha value is -1.08. The van der Waals surface area contributed by atoms with Gasteiger partial charge < -0.3 is 14.6 Å². The van der Waals surface area contributed by atoms with Gasteiger partial charge in [0, 0.05) is 25.7 Å². The lowest BCUT2D eigenvalue weighted by molar-refractivity contribution is -0.133. The number of hydrogen-bond donors (Lipinski definition) is 1. The maximum atomic E-state index is 12.3. The van der Waals surface area contributed by atoms with Crippen LogP contribution in [0.3, 0.4) is 0 Å². The molecule has 1 atom stereocenters. The summed E-state index contributed by atoms with van der Waals surface area (Å²) in [7, 11) is 0. The van der Waals surface area contributed by atoms with Gasteiger partial charge in [-0.25, -0.2) is 4.98 Å². The molecule has 1 saturated heterocycles. The van der Waals surface area contributed by atoms with Crippen molar-refractivity contribution in [2.75, 3.05) is 19.6 Å². The molecule has 1 N–H and O–H groups in total. The fraction of sp³-hybridized carbons (Fsp3) is 0.429. The van der Waals surface area contributed by atoms with Gasteiger partial charge in [-0.1, -0.05) is 6.07 Å². The van der Waals surface area contributed by atoms with Crippen LogP contribution in [0.2, 0.25) is 0 Å². The number of nitrogens with zero attached hydrogens (tertiary/aromatic N) is 2. The summed E-state index contributed by atoms with van der Waals surface area (Å²) in [6.07, 6.45) is 1.89. The second-order valence-corrected chi connectivity index (χ2v) is 5.89. The second-order valence-electron chi connectivity index (χ2n) is 4.94. The second kappa shape index (κ2) is 8.53. The molecule has 0 spiro atoms. The van der Waals surface area contributed by atoms with Crippen LogP contribution < -0.4 is 5.32 Å². The highest BCUT2D eigenvalue weighted by atomic mass is 35.5. The number of carbonyl (C=O) groups is 1. The summed E-state index contributed by atoms with van der Waals surface area (Å²) in [6.45, 7) is 4.53. The van der Waals surface area contributed by atoms with E-state index in [0.717, 1.165) is 24.5 Å². The minimum absolute atomic E-state index is 0. The van der Waals surface area contributed by atoms with E-state index in [4.69, 9.17) is 4.42 Å². The van der Waals surface area contributed by atoms with Gasteiger partial charge in [0.2, 0.25) is 11.8 Å². The zero-order valence-corrected chi connectivity index (χ0v) is 14.6. The van der Waals surface area contributed by atoms with Crippen LogP contribution in [0.4, 0.5) is 0 Å². The number of halogens is 2. The molecule has 1 aliphatic heterocycles. The van der Waals surface area contributed by atoms with Crippen molar-refractivity contribution in [1.29, 1.82) is 0 Å². The van der Waals surface area contributed by atoms with Gasteiger partial charge in [-0.3, -0.25) is 4.79 Å². The molecule has 2 aromatic heterocycles. The number of nitrogens with one attached hydrogen (secondary N) is 1. The number of rotatable bonds is 3. The number of thiophene rings is 1. The molecule has 2 aromatic rings. The van der Waals surface area contributed by atoms with E-state index in [1.807, 2.05) is 22.4 Å². The molecule has 0 unspecified atom stereocenters. The zero-order chi connectivity index (χ0) is 13.9. The number of carbonyl (C=O) groups excluding carboxylic acids is 1. The molecular formula is C14H19Cl2N3O2S. The van der Waals surface area contributed by atoms with Gasteiger partial charge in [-0.2, -0.15) is 0 Å². The first-order valence-electron chi connectivity index (χ1n) is 6.72. The van der Waals surface area contributed by atoms with E-state index in [0.29, 0.717) is 18.0 Å². The van der Waals surface area contributed by atoms with Crippen molar-refractivity contribution in [1.82, 2.24) is 15.2 Å². The number of aromatic nitrogens is 1. The highest BCUT2D eigenvalue weighted by Gasteiger charge is 2.23. The number of oxazole rings is 1. The van der Waals surface area contributed by atoms with E-state index in [1.54, 1.807) is 17.6 Å². The summed E-state index contributed by atoms with van der Waals surface area (Å²) in [5, 5.41) is 5.26. The molecule has 1 aliphatic rings. The van der Waals surface area contributed by atoms with Crippen molar-refractivity contribution in [3.8, 4) is 10.8 Å². The third-order valence-electron chi connectivity index (χ3n) is 3.44. The lowest BCUT2D eigenvalue weighted by Gasteiger charge is -2.33. The molecule has 1 fully saturated rings. The van der Waals surface area contributed by atoms with Gasteiger partial charge >= 0.3 is 0 Å². The molecule has 3 heterocycles. The average molecular weight is 364 g/mol. The summed E-state index contributed by atoms with van der Waals surface area (Å²) < 4.78 is 5.44. The van der Waals surface area contributed by atoms with Gasteiger partial charge in [-0.05, 0) is 18.4 Å². The Morgan fingerprint density at radius 2 is 2.36 bits per heavy atom. The molecule has 1 amide bonds. The maximum absolute atomic E-state index is 12.3. The number of piperazine rings is 1. The third kappa shape index (κ3) is 4.23. The fourth-order valence-corrected chi connectivity index (χ4v) is 3.03. The van der Waals surface area contributed by atoms with E-state index in [1.165, 1.54) is 0 Å². The lowest BCUT2D eigenvalue weighted by atomic mass is 10.2. The lowest BCUT2D eigenvalue weighted by Crippen LogP contribution is -2.52. The van der Waals surface area contributed by atoms with E-state index >= 15 is 0 Å². The molecule has 22 heavy (non-hydrogen) atoms. The molecule has 5 nitrogen and oxygen atoms in total. The van der Waals surface area contributed by atoms with Crippen LogP contribution in [0.1, 0.15) is 12.6 Å². The molecule has 8 heteroatoms. The summed E-state index contributed by atoms with van der Waals surface area (Å²) in [6, 6.07) is 4.15. The van der Waals surface area contributed by atoms with Crippen molar-refractivity contribution >= 4 is 42.1 Å². The van der Waals surface area contributed by atoms with Crippen LogP contribution in [-0.2, 0) is 11.2 Å². The smallest absolute Gasteiger partial charge is 0.236 e. The maximum Gasteiger partial charge on any atom is 0.236 e. The molecule has 122 valence electrons. The van der Waals surface area contributed by atoms with Crippen molar-refractivity contribution < 1.29 is 9.21 Å². The predicted molar refractivity (Wildman–Crippen MR) is 92.1 cm³/mol. The number of hydrogen-bond acceptors (Lipinski definition) is 5. The Kier molecular flexibility index (Phi) is 7.35. The van der Waals surface area contributed by atoms with Crippen molar-refractivity contribution in [3.63, 3.8) is 0 Å². The summed E-state index contributed by atoms with van der Waals surface area (Å²) in [4.78, 5) is 19.6. The van der Waals surface area contributed by atoms with Crippen molar-refractivity contribution in [3.05, 3.63) is 29.5 Å². The summed E-state index contributed by atoms with van der Waals surface area (Å²) in [5.74, 6) is 0.709. The Labute approximate surface area is 145 Å². The van der Waals surface area contributed by atoms with Gasteiger partial charge in [0.15, 0.2) is 0 Å². The van der Waals surface area contributed by atoms with Gasteiger partial charge in [0.25, 0.3) is 0 Å². The third-order valence-corrected chi connectivity index (χ3v) is 4.30. The van der Waals surface area contributed by atoms with E-state index in [2.05, 4.69) is 17.2 Å². The first kappa shape index (κ1) is 19.0. The highest BCUT2D eigenvalue weighted by Crippen LogP contribution is 2.23. The molecule has 0 bridgehead atoms. The first-order valence-corrected chi connectivity index (χ1v) is 7.60. The van der Waals surface area contributed by atoms with Crippen LogP contribution in [0, 0.1) is 0 Å². The van der Waals surface area contributed by atoms with Gasteiger partial charge in [0.05, 0.1) is 17.0 Å². The number of amides is 1. The van der Waals surface area contributed by atoms with Gasteiger partial charge in [-0.15, -0.1) is 36.2 Å². The average Bonchev–Trinajstić information content (AvgIpc) is 3.09. The highest BCUT2D eigenvalue weighted by molar-refractivity contribution is 7.13. The molecule has 3 rings (SSSR count). The zero-order valence-electron chi connectivity index (χ0n) is 12.2. The molecule has 0 aromatic carbocycles. The predicted octanol–water partition coefficient (Wildman–Crippen LogP) is 2.61.